The molecule has 0 saturated carbocycles. The molecule has 1 aromatic heterocycles. The van der Waals surface area contributed by atoms with Crippen molar-refractivity contribution in [3.63, 3.8) is 0 Å². The Hall–Kier alpha value is -2.66. The Morgan fingerprint density at radius 2 is 1.91 bits per heavy atom. The maximum Gasteiger partial charge on any atom is 0.137 e. The second-order valence-electron chi connectivity index (χ2n) is 5.38. The van der Waals surface area contributed by atoms with Gasteiger partial charge in [-0.05, 0) is 36.2 Å². The van der Waals surface area contributed by atoms with Crippen LogP contribution in [0.15, 0.2) is 48.8 Å². The van der Waals surface area contributed by atoms with Crippen LogP contribution < -0.4 is 10.1 Å². The Labute approximate surface area is 135 Å². The Morgan fingerprint density at radius 3 is 2.61 bits per heavy atom. The fourth-order valence-corrected chi connectivity index (χ4v) is 2.40. The molecular formula is C18H19N3O2. The standard InChI is InChI=1S/C18H19N3O2/c1-12(22)14-5-3-13(4-6-14)10-19-18-16-9-15(23-2)7-8-17(16)20-11-21-18/h3-9,11-12,22H,10H2,1-2H3,(H,19,20,21). The number of methoxy groups -OCH3 is 1. The smallest absolute Gasteiger partial charge is 0.137 e. The first kappa shape index (κ1) is 15.2. The van der Waals surface area contributed by atoms with Crippen molar-refractivity contribution in [3.05, 3.63) is 59.9 Å². The monoisotopic (exact) mass is 309 g/mol. The van der Waals surface area contributed by atoms with Crippen LogP contribution in [0.3, 0.4) is 0 Å². The van der Waals surface area contributed by atoms with Gasteiger partial charge in [0.2, 0.25) is 0 Å². The highest BCUT2D eigenvalue weighted by atomic mass is 16.5. The van der Waals surface area contributed by atoms with Crippen molar-refractivity contribution in [3.8, 4) is 5.75 Å². The molecule has 1 heterocycles. The molecule has 23 heavy (non-hydrogen) atoms. The molecule has 0 aliphatic carbocycles. The summed E-state index contributed by atoms with van der Waals surface area (Å²) in [7, 11) is 1.64. The zero-order valence-electron chi connectivity index (χ0n) is 13.2. The van der Waals surface area contributed by atoms with Crippen LogP contribution in [0, 0.1) is 0 Å². The number of nitrogens with zero attached hydrogens (tertiary/aromatic N) is 2. The number of hydrogen-bond acceptors (Lipinski definition) is 5. The Kier molecular flexibility index (Phi) is 4.39. The molecule has 0 amide bonds. The zero-order chi connectivity index (χ0) is 16.2. The van der Waals surface area contributed by atoms with Crippen molar-refractivity contribution in [2.75, 3.05) is 12.4 Å². The van der Waals surface area contributed by atoms with E-state index in [1.54, 1.807) is 20.4 Å². The molecule has 3 rings (SSSR count). The molecule has 5 heteroatoms. The first-order valence-electron chi connectivity index (χ1n) is 7.47. The van der Waals surface area contributed by atoms with Crippen LogP contribution in [0.1, 0.15) is 24.2 Å². The number of hydrogen-bond donors (Lipinski definition) is 2. The lowest BCUT2D eigenvalue weighted by Crippen LogP contribution is -2.03. The van der Waals surface area contributed by atoms with Crippen molar-refractivity contribution < 1.29 is 9.84 Å². The Bertz CT molecular complexity index is 801. The number of rotatable bonds is 5. The number of aliphatic hydroxyl groups is 1. The molecule has 5 nitrogen and oxygen atoms in total. The summed E-state index contributed by atoms with van der Waals surface area (Å²) in [6.07, 6.45) is 1.10. The van der Waals surface area contributed by atoms with Crippen molar-refractivity contribution >= 4 is 16.7 Å². The third-order valence-corrected chi connectivity index (χ3v) is 3.76. The zero-order valence-corrected chi connectivity index (χ0v) is 13.2. The molecule has 2 N–H and O–H groups in total. The van der Waals surface area contributed by atoms with Gasteiger partial charge in [0.05, 0.1) is 18.7 Å². The Morgan fingerprint density at radius 1 is 1.13 bits per heavy atom. The summed E-state index contributed by atoms with van der Waals surface area (Å²) in [6, 6.07) is 13.6. The number of anilines is 1. The molecule has 0 aliphatic rings. The van der Waals surface area contributed by atoms with Gasteiger partial charge in [-0.2, -0.15) is 0 Å². The van der Waals surface area contributed by atoms with Gasteiger partial charge in [-0.25, -0.2) is 9.97 Å². The number of benzene rings is 2. The van der Waals surface area contributed by atoms with E-state index in [-0.39, 0.29) is 0 Å². The minimum Gasteiger partial charge on any atom is -0.497 e. The van der Waals surface area contributed by atoms with E-state index in [4.69, 9.17) is 4.74 Å². The normalized spacial score (nSPS) is 12.1. The lowest BCUT2D eigenvalue weighted by Gasteiger charge is -2.10. The van der Waals surface area contributed by atoms with Gasteiger partial charge >= 0.3 is 0 Å². The van der Waals surface area contributed by atoms with Gasteiger partial charge in [-0.15, -0.1) is 0 Å². The van der Waals surface area contributed by atoms with E-state index >= 15 is 0 Å². The molecule has 2 aromatic carbocycles. The summed E-state index contributed by atoms with van der Waals surface area (Å²) in [4.78, 5) is 8.59. The fraction of sp³-hybridized carbons (Fsp3) is 0.222. The quantitative estimate of drug-likeness (QED) is 0.757. The topological polar surface area (TPSA) is 67.3 Å². The summed E-state index contributed by atoms with van der Waals surface area (Å²) in [6.45, 7) is 2.40. The summed E-state index contributed by atoms with van der Waals surface area (Å²) in [5.74, 6) is 1.55. The average Bonchev–Trinajstić information content (AvgIpc) is 2.59. The van der Waals surface area contributed by atoms with E-state index in [9.17, 15) is 5.11 Å². The van der Waals surface area contributed by atoms with E-state index in [0.717, 1.165) is 33.6 Å². The number of aromatic nitrogens is 2. The maximum absolute atomic E-state index is 9.55. The molecule has 1 unspecified atom stereocenters. The first-order valence-corrected chi connectivity index (χ1v) is 7.47. The van der Waals surface area contributed by atoms with E-state index in [2.05, 4.69) is 15.3 Å². The van der Waals surface area contributed by atoms with Crippen LogP contribution in [0.2, 0.25) is 0 Å². The van der Waals surface area contributed by atoms with Crippen molar-refractivity contribution in [1.82, 2.24) is 9.97 Å². The lowest BCUT2D eigenvalue weighted by molar-refractivity contribution is 0.199. The molecule has 0 bridgehead atoms. The predicted molar refractivity (Wildman–Crippen MR) is 90.5 cm³/mol. The predicted octanol–water partition coefficient (Wildman–Crippen LogP) is 3.30. The van der Waals surface area contributed by atoms with Crippen LogP contribution in [0.4, 0.5) is 5.82 Å². The van der Waals surface area contributed by atoms with Crippen LogP contribution in [0.5, 0.6) is 5.75 Å². The highest BCUT2D eigenvalue weighted by Crippen LogP contribution is 2.24. The highest BCUT2D eigenvalue weighted by molar-refractivity contribution is 5.89. The number of aliphatic hydroxyl groups excluding tert-OH is 1. The maximum atomic E-state index is 9.55. The van der Waals surface area contributed by atoms with Crippen LogP contribution in [-0.4, -0.2) is 22.2 Å². The average molecular weight is 309 g/mol. The highest BCUT2D eigenvalue weighted by Gasteiger charge is 2.06. The molecule has 0 aliphatic heterocycles. The van der Waals surface area contributed by atoms with Gasteiger partial charge in [0.15, 0.2) is 0 Å². The molecule has 0 radical (unpaired) electrons. The van der Waals surface area contributed by atoms with Crippen LogP contribution >= 0.6 is 0 Å². The van der Waals surface area contributed by atoms with Crippen LogP contribution in [-0.2, 0) is 6.54 Å². The number of nitrogens with one attached hydrogen (secondary N) is 1. The van der Waals surface area contributed by atoms with Crippen molar-refractivity contribution in [2.45, 2.75) is 19.6 Å². The van der Waals surface area contributed by atoms with Crippen LogP contribution in [0.25, 0.3) is 10.9 Å². The lowest BCUT2D eigenvalue weighted by atomic mass is 10.1. The Balaban J connectivity index is 1.81. The minimum atomic E-state index is -0.449. The number of fused-ring (bicyclic) bond motifs is 1. The molecule has 118 valence electrons. The van der Waals surface area contributed by atoms with Crippen molar-refractivity contribution in [1.29, 1.82) is 0 Å². The van der Waals surface area contributed by atoms with Gasteiger partial charge in [-0.1, -0.05) is 24.3 Å². The second kappa shape index (κ2) is 6.62. The summed E-state index contributed by atoms with van der Waals surface area (Å²) in [5.41, 5.74) is 2.89. The summed E-state index contributed by atoms with van der Waals surface area (Å²) < 4.78 is 5.27. The van der Waals surface area contributed by atoms with Gasteiger partial charge in [0, 0.05) is 11.9 Å². The van der Waals surface area contributed by atoms with Gasteiger partial charge in [0.25, 0.3) is 0 Å². The summed E-state index contributed by atoms with van der Waals surface area (Å²) in [5, 5.41) is 13.8. The summed E-state index contributed by atoms with van der Waals surface area (Å²) >= 11 is 0. The molecule has 3 aromatic rings. The van der Waals surface area contributed by atoms with Gasteiger partial charge < -0.3 is 15.2 Å². The molecule has 1 atom stereocenters. The first-order chi connectivity index (χ1) is 11.2. The van der Waals surface area contributed by atoms with E-state index in [0.29, 0.717) is 6.54 Å². The SMILES string of the molecule is COc1ccc2ncnc(NCc3ccc(C(C)O)cc3)c2c1. The van der Waals surface area contributed by atoms with Gasteiger partial charge in [0.1, 0.15) is 17.9 Å². The minimum absolute atomic E-state index is 0.449. The molecular weight excluding hydrogens is 290 g/mol. The fourth-order valence-electron chi connectivity index (χ4n) is 2.40. The largest absolute Gasteiger partial charge is 0.497 e. The number of ether oxygens (including phenoxy) is 1. The van der Waals surface area contributed by atoms with Gasteiger partial charge in [-0.3, -0.25) is 0 Å². The third kappa shape index (κ3) is 3.40. The third-order valence-electron chi connectivity index (χ3n) is 3.76. The molecule has 0 fully saturated rings. The van der Waals surface area contributed by atoms with E-state index in [1.807, 2.05) is 42.5 Å². The van der Waals surface area contributed by atoms with E-state index in [1.165, 1.54) is 0 Å². The molecule has 0 saturated heterocycles. The second-order valence-corrected chi connectivity index (χ2v) is 5.38. The molecule has 0 spiro atoms. The van der Waals surface area contributed by atoms with E-state index < -0.39 is 6.10 Å². The van der Waals surface area contributed by atoms with Crippen molar-refractivity contribution in [2.24, 2.45) is 0 Å².